The van der Waals surface area contributed by atoms with Crippen LogP contribution in [0.25, 0.3) is 16.9 Å². The van der Waals surface area contributed by atoms with Crippen LogP contribution in [0.15, 0.2) is 29.1 Å². The van der Waals surface area contributed by atoms with E-state index in [1.807, 2.05) is 38.1 Å². The van der Waals surface area contributed by atoms with Crippen LogP contribution in [0, 0.1) is 0 Å². The second-order valence-corrected chi connectivity index (χ2v) is 5.99. The summed E-state index contributed by atoms with van der Waals surface area (Å²) in [7, 11) is 1.61. The number of aryl methyl sites for hydroxylation is 2. The van der Waals surface area contributed by atoms with Gasteiger partial charge in [-0.2, -0.15) is 9.50 Å². The van der Waals surface area contributed by atoms with Crippen LogP contribution >= 0.6 is 0 Å². The van der Waals surface area contributed by atoms with Gasteiger partial charge in [0.15, 0.2) is 17.0 Å². The van der Waals surface area contributed by atoms with E-state index in [9.17, 15) is 4.79 Å². The molecule has 0 aliphatic rings. The number of aromatic amines is 1. The first-order chi connectivity index (χ1) is 13.1. The zero-order chi connectivity index (χ0) is 19.0. The van der Waals surface area contributed by atoms with E-state index in [2.05, 4.69) is 20.1 Å². The van der Waals surface area contributed by atoms with Crippen molar-refractivity contribution < 1.29 is 9.47 Å². The zero-order valence-electron chi connectivity index (χ0n) is 15.4. The van der Waals surface area contributed by atoms with Crippen molar-refractivity contribution in [3.8, 4) is 11.5 Å². The summed E-state index contributed by atoms with van der Waals surface area (Å²) >= 11 is 0. The molecule has 0 bridgehead atoms. The lowest BCUT2D eigenvalue weighted by atomic mass is 10.3. The fraction of sp³-hybridized carbons (Fsp3) is 0.333. The van der Waals surface area contributed by atoms with Gasteiger partial charge in [-0.05, 0) is 31.2 Å². The lowest BCUT2D eigenvalue weighted by molar-refractivity contribution is 0.295. The highest BCUT2D eigenvalue weighted by atomic mass is 16.5. The molecule has 4 rings (SSSR count). The maximum Gasteiger partial charge on any atom is 0.281 e. The number of hydrogen-bond donors (Lipinski definition) is 1. The summed E-state index contributed by atoms with van der Waals surface area (Å²) in [6, 6.07) is 7.27. The summed E-state index contributed by atoms with van der Waals surface area (Å²) in [6.07, 6.45) is 0.698. The number of nitrogens with zero attached hydrogens (tertiary/aromatic N) is 5. The predicted molar refractivity (Wildman–Crippen MR) is 99.3 cm³/mol. The van der Waals surface area contributed by atoms with Crippen LogP contribution in [0.4, 0.5) is 0 Å². The maximum atomic E-state index is 12.7. The van der Waals surface area contributed by atoms with Gasteiger partial charge in [-0.3, -0.25) is 9.36 Å². The lowest BCUT2D eigenvalue weighted by Gasteiger charge is -2.04. The molecule has 0 saturated carbocycles. The Morgan fingerprint density at radius 2 is 1.85 bits per heavy atom. The first-order valence-electron chi connectivity index (χ1n) is 8.78. The SMILES string of the molecule is CCc1nc2c([nH]1)c(=O)n(CC)c1nc(COc3ccc(OC)cc3)nn21. The Balaban J connectivity index is 1.73. The van der Waals surface area contributed by atoms with Crippen LogP contribution in [-0.2, 0) is 19.6 Å². The largest absolute Gasteiger partial charge is 0.497 e. The van der Waals surface area contributed by atoms with E-state index in [4.69, 9.17) is 9.47 Å². The second kappa shape index (κ2) is 6.75. The summed E-state index contributed by atoms with van der Waals surface area (Å²) in [6.45, 7) is 4.53. The van der Waals surface area contributed by atoms with E-state index in [1.165, 1.54) is 0 Å². The molecule has 0 spiro atoms. The van der Waals surface area contributed by atoms with Gasteiger partial charge in [0.1, 0.15) is 23.9 Å². The van der Waals surface area contributed by atoms with Crippen molar-refractivity contribution >= 4 is 16.9 Å². The molecule has 4 aromatic rings. The maximum absolute atomic E-state index is 12.7. The fourth-order valence-electron chi connectivity index (χ4n) is 2.94. The van der Waals surface area contributed by atoms with Crippen LogP contribution in [0.2, 0.25) is 0 Å². The Morgan fingerprint density at radius 3 is 2.52 bits per heavy atom. The minimum absolute atomic E-state index is 0.151. The molecular weight excluding hydrogens is 348 g/mol. The smallest absolute Gasteiger partial charge is 0.281 e. The molecule has 9 nitrogen and oxygen atoms in total. The predicted octanol–water partition coefficient (Wildman–Crippen LogP) is 1.94. The molecule has 0 aliphatic heterocycles. The van der Waals surface area contributed by atoms with Gasteiger partial charge in [0.2, 0.25) is 5.78 Å². The minimum Gasteiger partial charge on any atom is -0.497 e. The van der Waals surface area contributed by atoms with Crippen molar-refractivity contribution in [1.29, 1.82) is 0 Å². The molecule has 0 amide bonds. The monoisotopic (exact) mass is 368 g/mol. The van der Waals surface area contributed by atoms with Gasteiger partial charge in [0, 0.05) is 13.0 Å². The lowest BCUT2D eigenvalue weighted by Crippen LogP contribution is -2.22. The van der Waals surface area contributed by atoms with Crippen LogP contribution in [0.1, 0.15) is 25.5 Å². The molecular formula is C18H20N6O3. The van der Waals surface area contributed by atoms with Crippen molar-refractivity contribution in [2.75, 3.05) is 7.11 Å². The van der Waals surface area contributed by atoms with Crippen molar-refractivity contribution in [1.82, 2.24) is 29.1 Å². The van der Waals surface area contributed by atoms with Crippen molar-refractivity contribution in [2.24, 2.45) is 0 Å². The summed E-state index contributed by atoms with van der Waals surface area (Å²) < 4.78 is 14.1. The standard InChI is InChI=1S/C18H20N6O3/c1-4-13-19-15-16(20-13)24-18(23(5-2)17(15)25)21-14(22-24)10-27-12-8-6-11(26-3)7-9-12/h6-9H,4-5,10H2,1-3H3,(H,19,20). The number of H-pyrrole nitrogens is 1. The van der Waals surface area contributed by atoms with E-state index in [0.29, 0.717) is 41.5 Å². The number of benzene rings is 1. The van der Waals surface area contributed by atoms with Crippen molar-refractivity contribution in [2.45, 2.75) is 33.4 Å². The third kappa shape index (κ3) is 2.90. The van der Waals surface area contributed by atoms with E-state index in [-0.39, 0.29) is 12.2 Å². The number of ether oxygens (including phenoxy) is 2. The topological polar surface area (TPSA) is 99.3 Å². The van der Waals surface area contributed by atoms with Crippen LogP contribution in [-0.4, -0.2) is 36.2 Å². The van der Waals surface area contributed by atoms with Crippen LogP contribution in [0.5, 0.6) is 11.5 Å². The zero-order valence-corrected chi connectivity index (χ0v) is 15.4. The molecule has 140 valence electrons. The highest BCUT2D eigenvalue weighted by Gasteiger charge is 2.18. The molecule has 0 fully saturated rings. The van der Waals surface area contributed by atoms with Crippen LogP contribution in [0.3, 0.4) is 0 Å². The molecule has 27 heavy (non-hydrogen) atoms. The average molecular weight is 368 g/mol. The summed E-state index contributed by atoms with van der Waals surface area (Å²) in [5.41, 5.74) is 0.774. The van der Waals surface area contributed by atoms with Gasteiger partial charge < -0.3 is 14.5 Å². The number of imidazole rings is 1. The number of aromatic nitrogens is 6. The molecule has 1 N–H and O–H groups in total. The van der Waals surface area contributed by atoms with Gasteiger partial charge in [0.25, 0.3) is 5.56 Å². The molecule has 1 aromatic carbocycles. The molecule has 3 aromatic heterocycles. The van der Waals surface area contributed by atoms with Gasteiger partial charge in [-0.1, -0.05) is 6.92 Å². The molecule has 0 unspecified atom stereocenters. The normalized spacial score (nSPS) is 11.4. The van der Waals surface area contributed by atoms with Gasteiger partial charge in [-0.15, -0.1) is 5.10 Å². The molecule has 0 aliphatic carbocycles. The second-order valence-electron chi connectivity index (χ2n) is 5.99. The highest BCUT2D eigenvalue weighted by molar-refractivity contribution is 5.72. The van der Waals surface area contributed by atoms with E-state index < -0.39 is 0 Å². The van der Waals surface area contributed by atoms with Gasteiger partial charge in [0.05, 0.1) is 7.11 Å². The number of nitrogens with one attached hydrogen (secondary N) is 1. The average Bonchev–Trinajstić information content (AvgIpc) is 3.31. The summed E-state index contributed by atoms with van der Waals surface area (Å²) in [4.78, 5) is 24.8. The van der Waals surface area contributed by atoms with E-state index in [1.54, 1.807) is 16.2 Å². The molecule has 0 atom stereocenters. The third-order valence-corrected chi connectivity index (χ3v) is 4.35. The van der Waals surface area contributed by atoms with Crippen molar-refractivity contribution in [3.05, 3.63) is 46.3 Å². The Morgan fingerprint density at radius 1 is 1.11 bits per heavy atom. The number of hydrogen-bond acceptors (Lipinski definition) is 6. The summed E-state index contributed by atoms with van der Waals surface area (Å²) in [5, 5.41) is 4.50. The van der Waals surface area contributed by atoms with Gasteiger partial charge in [-0.25, -0.2) is 4.98 Å². The third-order valence-electron chi connectivity index (χ3n) is 4.35. The Kier molecular flexibility index (Phi) is 4.27. The number of fused-ring (bicyclic) bond motifs is 3. The van der Waals surface area contributed by atoms with Gasteiger partial charge >= 0.3 is 0 Å². The minimum atomic E-state index is -0.151. The molecule has 0 saturated heterocycles. The van der Waals surface area contributed by atoms with Crippen molar-refractivity contribution in [3.63, 3.8) is 0 Å². The van der Waals surface area contributed by atoms with E-state index >= 15 is 0 Å². The number of methoxy groups -OCH3 is 1. The first-order valence-corrected chi connectivity index (χ1v) is 8.78. The Labute approximate surface area is 154 Å². The summed E-state index contributed by atoms with van der Waals surface area (Å²) in [5.74, 6) is 3.11. The van der Waals surface area contributed by atoms with E-state index in [0.717, 1.165) is 11.6 Å². The Bertz CT molecular complexity index is 1160. The number of rotatable bonds is 6. The highest BCUT2D eigenvalue weighted by Crippen LogP contribution is 2.18. The molecule has 3 heterocycles. The van der Waals surface area contributed by atoms with Crippen LogP contribution < -0.4 is 15.0 Å². The first kappa shape index (κ1) is 17.1. The fourth-order valence-corrected chi connectivity index (χ4v) is 2.94. The quantitative estimate of drug-likeness (QED) is 0.558. The molecule has 9 heteroatoms. The Hall–Kier alpha value is -3.36. The molecule has 0 radical (unpaired) electrons.